The van der Waals surface area contributed by atoms with Crippen molar-refractivity contribution >= 4 is 17.6 Å². The van der Waals surface area contributed by atoms with Gasteiger partial charge in [0.1, 0.15) is 5.82 Å². The van der Waals surface area contributed by atoms with E-state index in [4.69, 9.17) is 5.11 Å². The minimum atomic E-state index is -0.628. The molecule has 2 atom stereocenters. The Kier molecular flexibility index (Phi) is 4.74. The highest BCUT2D eigenvalue weighted by Crippen LogP contribution is 2.21. The number of carbonyl (C=O) groups excluding carboxylic acids is 2. The molecule has 0 saturated carbocycles. The van der Waals surface area contributed by atoms with Crippen LogP contribution in [0.1, 0.15) is 13.3 Å². The van der Waals surface area contributed by atoms with Gasteiger partial charge in [0.05, 0.1) is 12.1 Å². The summed E-state index contributed by atoms with van der Waals surface area (Å²) in [5, 5.41) is 14.3. The summed E-state index contributed by atoms with van der Waals surface area (Å²) in [4.78, 5) is 25.0. The van der Waals surface area contributed by atoms with Crippen molar-refractivity contribution in [2.24, 2.45) is 0 Å². The van der Waals surface area contributed by atoms with Gasteiger partial charge in [0.15, 0.2) is 0 Å². The average molecular weight is 295 g/mol. The van der Waals surface area contributed by atoms with Crippen LogP contribution < -0.4 is 15.5 Å². The minimum absolute atomic E-state index is 0.123. The Hall–Kier alpha value is -2.15. The van der Waals surface area contributed by atoms with Crippen LogP contribution in [0.5, 0.6) is 0 Å². The first-order valence-electron chi connectivity index (χ1n) is 6.74. The van der Waals surface area contributed by atoms with Crippen LogP contribution in [0, 0.1) is 5.82 Å². The third-order valence-electron chi connectivity index (χ3n) is 3.16. The molecule has 2 rings (SSSR count). The molecule has 1 saturated heterocycles. The van der Waals surface area contributed by atoms with E-state index in [2.05, 4.69) is 10.6 Å². The number of carbonyl (C=O) groups is 2. The zero-order valence-electron chi connectivity index (χ0n) is 11.7. The number of nitrogens with zero attached hydrogens (tertiary/aromatic N) is 1. The molecule has 1 aromatic carbocycles. The van der Waals surface area contributed by atoms with E-state index in [0.717, 1.165) is 0 Å². The fourth-order valence-electron chi connectivity index (χ4n) is 2.15. The van der Waals surface area contributed by atoms with Crippen LogP contribution in [-0.2, 0) is 4.79 Å². The number of hydrogen-bond donors (Lipinski definition) is 3. The number of halogens is 1. The van der Waals surface area contributed by atoms with Gasteiger partial charge in [0.2, 0.25) is 5.91 Å². The van der Waals surface area contributed by atoms with Gasteiger partial charge in [-0.25, -0.2) is 9.18 Å². The molecule has 3 amide bonds. The summed E-state index contributed by atoms with van der Waals surface area (Å²) in [5.41, 5.74) is 0.607. The maximum absolute atomic E-state index is 12.9. The first-order chi connectivity index (χ1) is 9.95. The molecule has 1 fully saturated rings. The van der Waals surface area contributed by atoms with Gasteiger partial charge in [-0.05, 0) is 31.2 Å². The van der Waals surface area contributed by atoms with Gasteiger partial charge in [-0.1, -0.05) is 0 Å². The van der Waals surface area contributed by atoms with Gasteiger partial charge in [-0.15, -0.1) is 0 Å². The van der Waals surface area contributed by atoms with Crippen LogP contribution in [-0.4, -0.2) is 42.3 Å². The molecule has 1 aliphatic rings. The van der Waals surface area contributed by atoms with Crippen LogP contribution in [0.25, 0.3) is 0 Å². The molecule has 21 heavy (non-hydrogen) atoms. The first kappa shape index (κ1) is 15.2. The highest BCUT2D eigenvalue weighted by atomic mass is 19.1. The van der Waals surface area contributed by atoms with E-state index in [0.29, 0.717) is 12.2 Å². The number of aliphatic hydroxyl groups excluding tert-OH is 1. The number of benzene rings is 1. The molecule has 1 heterocycles. The van der Waals surface area contributed by atoms with Crippen molar-refractivity contribution in [3.8, 4) is 0 Å². The smallest absolute Gasteiger partial charge is 0.315 e. The van der Waals surface area contributed by atoms with Gasteiger partial charge >= 0.3 is 6.03 Å². The van der Waals surface area contributed by atoms with E-state index in [1.807, 2.05) is 0 Å². The van der Waals surface area contributed by atoms with Gasteiger partial charge < -0.3 is 20.6 Å². The number of anilines is 1. The molecule has 0 radical (unpaired) electrons. The number of amides is 3. The van der Waals surface area contributed by atoms with Gasteiger partial charge in [0.25, 0.3) is 0 Å². The number of aliphatic hydroxyl groups is 1. The third kappa shape index (κ3) is 4.16. The monoisotopic (exact) mass is 295 g/mol. The summed E-state index contributed by atoms with van der Waals surface area (Å²) in [7, 11) is 0. The molecule has 1 aromatic rings. The van der Waals surface area contributed by atoms with E-state index in [1.54, 1.807) is 6.92 Å². The predicted molar refractivity (Wildman–Crippen MR) is 75.4 cm³/mol. The molecule has 0 bridgehead atoms. The quantitative estimate of drug-likeness (QED) is 0.761. The SMILES string of the molecule is C[C@H](O)CNC(=O)N[C@H]1CC(=O)N(c2ccc(F)cc2)C1. The predicted octanol–water partition coefficient (Wildman–Crippen LogP) is 0.611. The van der Waals surface area contributed by atoms with E-state index >= 15 is 0 Å². The van der Waals surface area contributed by atoms with Crippen molar-refractivity contribution in [2.45, 2.75) is 25.5 Å². The Morgan fingerprint density at radius 2 is 2.14 bits per heavy atom. The van der Waals surface area contributed by atoms with Crippen LogP contribution in [0.4, 0.5) is 14.9 Å². The molecule has 3 N–H and O–H groups in total. The van der Waals surface area contributed by atoms with Crippen molar-refractivity contribution in [2.75, 3.05) is 18.0 Å². The lowest BCUT2D eigenvalue weighted by Gasteiger charge is -2.17. The van der Waals surface area contributed by atoms with Gasteiger partial charge in [0, 0.05) is 25.2 Å². The van der Waals surface area contributed by atoms with Crippen LogP contribution in [0.3, 0.4) is 0 Å². The Labute approximate surface area is 121 Å². The summed E-state index contributed by atoms with van der Waals surface area (Å²) in [6, 6.07) is 4.91. The molecular weight excluding hydrogens is 277 g/mol. The molecule has 1 aliphatic heterocycles. The number of urea groups is 1. The van der Waals surface area contributed by atoms with Crippen LogP contribution >= 0.6 is 0 Å². The Morgan fingerprint density at radius 3 is 2.76 bits per heavy atom. The zero-order valence-corrected chi connectivity index (χ0v) is 11.7. The summed E-state index contributed by atoms with van der Waals surface area (Å²) >= 11 is 0. The van der Waals surface area contributed by atoms with Crippen LogP contribution in [0.2, 0.25) is 0 Å². The second-order valence-electron chi connectivity index (χ2n) is 5.09. The maximum atomic E-state index is 12.9. The highest BCUT2D eigenvalue weighted by Gasteiger charge is 2.31. The van der Waals surface area contributed by atoms with E-state index in [9.17, 15) is 14.0 Å². The molecule has 6 nitrogen and oxygen atoms in total. The summed E-state index contributed by atoms with van der Waals surface area (Å²) in [6.45, 7) is 2.05. The molecule has 0 spiro atoms. The number of rotatable bonds is 4. The molecular formula is C14H18FN3O3. The molecule has 7 heteroatoms. The third-order valence-corrected chi connectivity index (χ3v) is 3.16. The number of nitrogens with one attached hydrogen (secondary N) is 2. The van der Waals surface area contributed by atoms with Crippen molar-refractivity contribution in [1.29, 1.82) is 0 Å². The Balaban J connectivity index is 1.90. The second kappa shape index (κ2) is 6.53. The van der Waals surface area contributed by atoms with Gasteiger partial charge in [-0.2, -0.15) is 0 Å². The van der Waals surface area contributed by atoms with Crippen molar-refractivity contribution in [3.63, 3.8) is 0 Å². The Bertz CT molecular complexity index is 519. The average Bonchev–Trinajstić information content (AvgIpc) is 2.78. The van der Waals surface area contributed by atoms with Gasteiger partial charge in [-0.3, -0.25) is 4.79 Å². The summed E-state index contributed by atoms with van der Waals surface area (Å²) in [6.07, 6.45) is -0.434. The highest BCUT2D eigenvalue weighted by molar-refractivity contribution is 5.96. The Morgan fingerprint density at radius 1 is 1.48 bits per heavy atom. The van der Waals surface area contributed by atoms with Crippen molar-refractivity contribution in [1.82, 2.24) is 10.6 Å². The van der Waals surface area contributed by atoms with E-state index in [1.165, 1.54) is 29.2 Å². The summed E-state index contributed by atoms with van der Waals surface area (Å²) in [5.74, 6) is -0.486. The van der Waals surface area contributed by atoms with E-state index < -0.39 is 12.1 Å². The molecule has 114 valence electrons. The lowest BCUT2D eigenvalue weighted by Crippen LogP contribution is -2.45. The fourth-order valence-corrected chi connectivity index (χ4v) is 2.15. The largest absolute Gasteiger partial charge is 0.392 e. The maximum Gasteiger partial charge on any atom is 0.315 e. The molecule has 0 aromatic heterocycles. The number of hydrogen-bond acceptors (Lipinski definition) is 3. The first-order valence-corrected chi connectivity index (χ1v) is 6.74. The second-order valence-corrected chi connectivity index (χ2v) is 5.09. The lowest BCUT2D eigenvalue weighted by atomic mass is 10.2. The normalized spacial score (nSPS) is 19.5. The van der Waals surface area contributed by atoms with Crippen LogP contribution in [0.15, 0.2) is 24.3 Å². The van der Waals surface area contributed by atoms with E-state index in [-0.39, 0.29) is 30.7 Å². The summed E-state index contributed by atoms with van der Waals surface area (Å²) < 4.78 is 12.9. The lowest BCUT2D eigenvalue weighted by molar-refractivity contribution is -0.117. The minimum Gasteiger partial charge on any atom is -0.392 e. The fraction of sp³-hybridized carbons (Fsp3) is 0.429. The zero-order chi connectivity index (χ0) is 15.4. The molecule has 0 unspecified atom stereocenters. The standard InChI is InChI=1S/C14H18FN3O3/c1-9(19)7-16-14(21)17-11-6-13(20)18(8-11)12-4-2-10(15)3-5-12/h2-5,9,11,19H,6-8H2,1H3,(H2,16,17,21)/t9-,11-/m0/s1. The van der Waals surface area contributed by atoms with Crippen molar-refractivity contribution in [3.05, 3.63) is 30.1 Å². The van der Waals surface area contributed by atoms with Crippen molar-refractivity contribution < 1.29 is 19.1 Å². The molecule has 0 aliphatic carbocycles. The topological polar surface area (TPSA) is 81.7 Å².